The van der Waals surface area contributed by atoms with Crippen molar-refractivity contribution in [2.75, 3.05) is 0 Å². The second-order valence-electron chi connectivity index (χ2n) is 5.49. The normalized spacial score (nSPS) is 11.4. The largest absolute Gasteiger partial charge is 0.478 e. The van der Waals surface area contributed by atoms with E-state index in [-0.39, 0.29) is 11.2 Å². The molecule has 25 heavy (non-hydrogen) atoms. The molecule has 128 valence electrons. The number of fused-ring (bicyclic) bond motifs is 1. The van der Waals surface area contributed by atoms with E-state index in [9.17, 15) is 14.4 Å². The molecule has 0 aliphatic heterocycles. The van der Waals surface area contributed by atoms with Crippen LogP contribution in [0.4, 0.5) is 0 Å². The Bertz CT molecular complexity index is 1070. The van der Waals surface area contributed by atoms with Crippen LogP contribution in [-0.4, -0.2) is 30.6 Å². The smallest absolute Gasteiger partial charge is 0.330 e. The van der Waals surface area contributed by atoms with Crippen molar-refractivity contribution in [2.24, 2.45) is 0 Å². The van der Waals surface area contributed by atoms with Gasteiger partial charge in [0.25, 0.3) is 5.56 Å². The van der Waals surface area contributed by atoms with Gasteiger partial charge in [-0.2, -0.15) is 0 Å². The van der Waals surface area contributed by atoms with Gasteiger partial charge in [-0.3, -0.25) is 14.3 Å². The molecular weight excluding hydrogens is 324 g/mol. The zero-order chi connectivity index (χ0) is 18.0. The molecule has 8 heteroatoms. The molecule has 2 aromatic heterocycles. The first-order valence-electron chi connectivity index (χ1n) is 7.74. The molecular formula is C17H16N4O4. The standard InChI is InChI=1S/C17H16N4O4/c1-2-9-21-16(24)13-15(20-17(21)25)19-14(18-13)11-6-3-10(4-7-11)5-8-12(22)23/h3-8H,2,9H2,1H3,(H,18,19)(H,20,25)(H,22,23)/b8-5+. The van der Waals surface area contributed by atoms with E-state index in [0.29, 0.717) is 24.4 Å². The van der Waals surface area contributed by atoms with Crippen molar-refractivity contribution in [1.29, 1.82) is 0 Å². The maximum Gasteiger partial charge on any atom is 0.330 e. The van der Waals surface area contributed by atoms with Crippen LogP contribution in [0, 0.1) is 0 Å². The van der Waals surface area contributed by atoms with E-state index < -0.39 is 17.2 Å². The number of aliphatic carboxylic acids is 1. The summed E-state index contributed by atoms with van der Waals surface area (Å²) in [6, 6.07) is 6.98. The minimum absolute atomic E-state index is 0.215. The highest BCUT2D eigenvalue weighted by molar-refractivity contribution is 5.85. The van der Waals surface area contributed by atoms with Crippen molar-refractivity contribution in [1.82, 2.24) is 19.5 Å². The number of rotatable bonds is 5. The number of imidazole rings is 1. The van der Waals surface area contributed by atoms with Crippen LogP contribution in [0.25, 0.3) is 28.6 Å². The molecule has 0 atom stereocenters. The molecule has 8 nitrogen and oxygen atoms in total. The fourth-order valence-corrected chi connectivity index (χ4v) is 2.50. The molecule has 0 fully saturated rings. The summed E-state index contributed by atoms with van der Waals surface area (Å²) >= 11 is 0. The van der Waals surface area contributed by atoms with Crippen molar-refractivity contribution in [3.05, 3.63) is 56.7 Å². The van der Waals surface area contributed by atoms with Crippen LogP contribution in [0.2, 0.25) is 0 Å². The van der Waals surface area contributed by atoms with Crippen molar-refractivity contribution >= 4 is 23.2 Å². The highest BCUT2D eigenvalue weighted by Gasteiger charge is 2.12. The fraction of sp³-hybridized carbons (Fsp3) is 0.176. The van der Waals surface area contributed by atoms with Crippen LogP contribution < -0.4 is 11.2 Å². The van der Waals surface area contributed by atoms with Gasteiger partial charge in [-0.25, -0.2) is 14.6 Å². The Morgan fingerprint density at radius 1 is 1.24 bits per heavy atom. The lowest BCUT2D eigenvalue weighted by molar-refractivity contribution is -0.131. The average Bonchev–Trinajstić information content (AvgIpc) is 3.01. The van der Waals surface area contributed by atoms with Crippen molar-refractivity contribution in [2.45, 2.75) is 19.9 Å². The summed E-state index contributed by atoms with van der Waals surface area (Å²) in [6.45, 7) is 2.22. The molecule has 0 amide bonds. The monoisotopic (exact) mass is 340 g/mol. The van der Waals surface area contributed by atoms with Gasteiger partial charge in [0.05, 0.1) is 0 Å². The average molecular weight is 340 g/mol. The van der Waals surface area contributed by atoms with Gasteiger partial charge < -0.3 is 10.1 Å². The fourth-order valence-electron chi connectivity index (χ4n) is 2.50. The van der Waals surface area contributed by atoms with Crippen LogP contribution in [0.3, 0.4) is 0 Å². The van der Waals surface area contributed by atoms with Gasteiger partial charge in [-0.15, -0.1) is 0 Å². The second-order valence-corrected chi connectivity index (χ2v) is 5.49. The van der Waals surface area contributed by atoms with Crippen LogP contribution in [0.5, 0.6) is 0 Å². The van der Waals surface area contributed by atoms with Gasteiger partial charge in [0.15, 0.2) is 5.65 Å². The first-order chi connectivity index (χ1) is 12.0. The summed E-state index contributed by atoms with van der Waals surface area (Å²) in [6.07, 6.45) is 3.20. The molecule has 1 aromatic carbocycles. The Hall–Kier alpha value is -3.42. The van der Waals surface area contributed by atoms with E-state index in [2.05, 4.69) is 15.0 Å². The first-order valence-corrected chi connectivity index (χ1v) is 7.74. The minimum Gasteiger partial charge on any atom is -0.478 e. The summed E-state index contributed by atoms with van der Waals surface area (Å²) in [5.41, 5.74) is 1.02. The number of carboxylic acid groups (broad SMARTS) is 1. The maximum atomic E-state index is 12.4. The lowest BCUT2D eigenvalue weighted by atomic mass is 10.1. The molecule has 0 saturated heterocycles. The Kier molecular flexibility index (Phi) is 4.34. The lowest BCUT2D eigenvalue weighted by Crippen LogP contribution is -2.34. The number of benzene rings is 1. The van der Waals surface area contributed by atoms with Gasteiger partial charge in [0, 0.05) is 18.2 Å². The molecule has 3 rings (SSSR count). The number of carbonyl (C=O) groups is 1. The first kappa shape index (κ1) is 16.4. The number of hydrogen-bond donors (Lipinski definition) is 3. The van der Waals surface area contributed by atoms with Gasteiger partial charge in [-0.05, 0) is 18.1 Å². The summed E-state index contributed by atoms with van der Waals surface area (Å²) in [4.78, 5) is 44.7. The predicted molar refractivity (Wildman–Crippen MR) is 93.4 cm³/mol. The number of H-pyrrole nitrogens is 2. The molecule has 3 N–H and O–H groups in total. The molecule has 0 spiro atoms. The number of nitrogens with zero attached hydrogens (tertiary/aromatic N) is 2. The minimum atomic E-state index is -1.02. The van der Waals surface area contributed by atoms with Crippen LogP contribution in [0.15, 0.2) is 39.9 Å². The van der Waals surface area contributed by atoms with Crippen LogP contribution in [-0.2, 0) is 11.3 Å². The summed E-state index contributed by atoms with van der Waals surface area (Å²) < 4.78 is 1.14. The van der Waals surface area contributed by atoms with Crippen molar-refractivity contribution in [3.63, 3.8) is 0 Å². The highest BCUT2D eigenvalue weighted by atomic mass is 16.4. The van der Waals surface area contributed by atoms with Gasteiger partial charge in [0.1, 0.15) is 11.3 Å². The maximum absolute atomic E-state index is 12.4. The van der Waals surface area contributed by atoms with E-state index in [1.165, 1.54) is 6.08 Å². The van der Waals surface area contributed by atoms with Gasteiger partial charge in [0.2, 0.25) is 0 Å². The van der Waals surface area contributed by atoms with Crippen molar-refractivity contribution < 1.29 is 9.90 Å². The Labute approximate surface area is 141 Å². The molecule has 0 saturated carbocycles. The quantitative estimate of drug-likeness (QED) is 0.609. The number of aromatic nitrogens is 4. The molecule has 0 radical (unpaired) electrons. The third kappa shape index (κ3) is 3.27. The Morgan fingerprint density at radius 2 is 1.96 bits per heavy atom. The molecule has 3 aromatic rings. The second kappa shape index (κ2) is 6.60. The van der Waals surface area contributed by atoms with E-state index in [0.717, 1.165) is 16.2 Å². The molecule has 2 heterocycles. The predicted octanol–water partition coefficient (Wildman–Crippen LogP) is 1.59. The zero-order valence-electron chi connectivity index (χ0n) is 13.4. The highest BCUT2D eigenvalue weighted by Crippen LogP contribution is 2.18. The number of aromatic amines is 2. The third-order valence-corrected chi connectivity index (χ3v) is 3.68. The third-order valence-electron chi connectivity index (χ3n) is 3.68. The Morgan fingerprint density at radius 3 is 2.60 bits per heavy atom. The molecule has 0 aliphatic carbocycles. The molecule has 0 aliphatic rings. The number of carboxylic acids is 1. The number of hydrogen-bond acceptors (Lipinski definition) is 4. The molecule has 0 unspecified atom stereocenters. The van der Waals surface area contributed by atoms with E-state index in [1.807, 2.05) is 6.92 Å². The summed E-state index contributed by atoms with van der Waals surface area (Å²) in [7, 11) is 0. The van der Waals surface area contributed by atoms with Crippen LogP contribution in [0.1, 0.15) is 18.9 Å². The van der Waals surface area contributed by atoms with Gasteiger partial charge >= 0.3 is 11.7 Å². The van der Waals surface area contributed by atoms with Crippen LogP contribution >= 0.6 is 0 Å². The SMILES string of the molecule is CCCn1c(=O)[nH]c2nc(-c3ccc(/C=C/C(=O)O)cc3)[nH]c2c1=O. The number of nitrogens with one attached hydrogen (secondary N) is 2. The molecule has 0 bridgehead atoms. The Balaban J connectivity index is 2.02. The lowest BCUT2D eigenvalue weighted by Gasteiger charge is -2.00. The van der Waals surface area contributed by atoms with Crippen molar-refractivity contribution in [3.8, 4) is 11.4 Å². The van der Waals surface area contributed by atoms with E-state index in [4.69, 9.17) is 5.11 Å². The zero-order valence-corrected chi connectivity index (χ0v) is 13.4. The topological polar surface area (TPSA) is 121 Å². The summed E-state index contributed by atoms with van der Waals surface area (Å²) in [5, 5.41) is 8.63. The van der Waals surface area contributed by atoms with E-state index >= 15 is 0 Å². The van der Waals surface area contributed by atoms with Gasteiger partial charge in [-0.1, -0.05) is 31.2 Å². The van der Waals surface area contributed by atoms with E-state index in [1.54, 1.807) is 24.3 Å². The summed E-state index contributed by atoms with van der Waals surface area (Å²) in [5.74, 6) is -0.570.